The second-order valence-corrected chi connectivity index (χ2v) is 3.07. The van der Waals surface area contributed by atoms with Crippen LogP contribution in [0.3, 0.4) is 0 Å². The Bertz CT molecular complexity index is 466. The molecule has 0 atom stereocenters. The van der Waals surface area contributed by atoms with E-state index in [1.807, 2.05) is 20.8 Å². The Morgan fingerprint density at radius 2 is 2.00 bits per heavy atom. The number of phenolic OH excluding ortho intramolecular Hbond substituents is 1. The number of hydrogen-bond acceptors (Lipinski definition) is 2. The van der Waals surface area contributed by atoms with E-state index in [9.17, 15) is 9.50 Å². The van der Waals surface area contributed by atoms with Gasteiger partial charge in [-0.1, -0.05) is 19.9 Å². The fourth-order valence-corrected chi connectivity index (χ4v) is 1.23. The van der Waals surface area contributed by atoms with Gasteiger partial charge in [-0.3, -0.25) is 0 Å². The summed E-state index contributed by atoms with van der Waals surface area (Å²) in [7, 11) is 0. The maximum Gasteiger partial charge on any atom is 0.177 e. The number of halogens is 1. The molecule has 1 aromatic heterocycles. The van der Waals surface area contributed by atoms with E-state index in [4.69, 9.17) is 0 Å². The molecule has 1 N–H and O–H groups in total. The zero-order valence-electron chi connectivity index (χ0n) is 9.61. The summed E-state index contributed by atoms with van der Waals surface area (Å²) in [6.45, 7) is 5.87. The number of aryl methyl sites for hydroxylation is 1. The molecular weight excluding hydrogens is 207 g/mol. The van der Waals surface area contributed by atoms with Gasteiger partial charge in [0.05, 0.1) is 6.20 Å². The van der Waals surface area contributed by atoms with Crippen molar-refractivity contribution in [2.24, 2.45) is 0 Å². The summed E-state index contributed by atoms with van der Waals surface area (Å²) in [4.78, 5) is 0. The number of phenols is 1. The molecule has 16 heavy (non-hydrogen) atoms. The lowest BCUT2D eigenvalue weighted by molar-refractivity contribution is 0.428. The van der Waals surface area contributed by atoms with Crippen molar-refractivity contribution in [3.8, 4) is 11.4 Å². The number of rotatable bonds is 1. The lowest BCUT2D eigenvalue weighted by atomic mass is 10.3. The van der Waals surface area contributed by atoms with Crippen molar-refractivity contribution in [2.75, 3.05) is 0 Å². The minimum Gasteiger partial charge on any atom is -0.503 e. The third-order valence-electron chi connectivity index (χ3n) is 1.92. The van der Waals surface area contributed by atoms with Gasteiger partial charge in [-0.05, 0) is 24.6 Å². The first-order valence-electron chi connectivity index (χ1n) is 5.17. The normalized spacial score (nSPS) is 9.50. The van der Waals surface area contributed by atoms with E-state index in [1.165, 1.54) is 16.8 Å². The number of aromatic hydroxyl groups is 1. The minimum atomic E-state index is -0.643. The SMILES string of the molecule is CC.Cc1cnn(-c2cccc(F)c2O)c1. The fraction of sp³-hybridized carbons (Fsp3) is 0.250. The molecular formula is C12H15FN2O. The smallest absolute Gasteiger partial charge is 0.177 e. The Hall–Kier alpha value is -1.84. The van der Waals surface area contributed by atoms with Gasteiger partial charge in [-0.15, -0.1) is 0 Å². The van der Waals surface area contributed by atoms with Crippen molar-refractivity contribution >= 4 is 0 Å². The first kappa shape index (κ1) is 12.2. The summed E-state index contributed by atoms with van der Waals surface area (Å²) in [5.41, 5.74) is 1.30. The number of benzene rings is 1. The maximum absolute atomic E-state index is 13.0. The summed E-state index contributed by atoms with van der Waals surface area (Å²) in [6.07, 6.45) is 3.36. The zero-order valence-corrected chi connectivity index (χ0v) is 9.61. The minimum absolute atomic E-state index is 0.345. The summed E-state index contributed by atoms with van der Waals surface area (Å²) in [5, 5.41) is 13.4. The van der Waals surface area contributed by atoms with Gasteiger partial charge in [-0.2, -0.15) is 5.10 Å². The van der Waals surface area contributed by atoms with Gasteiger partial charge in [0, 0.05) is 6.20 Å². The standard InChI is InChI=1S/C10H9FN2O.C2H6/c1-7-5-12-13(6-7)9-4-2-3-8(11)10(9)14;1-2/h2-6,14H,1H3;1-2H3. The molecule has 0 radical (unpaired) electrons. The molecule has 2 aromatic rings. The molecule has 0 aliphatic carbocycles. The van der Waals surface area contributed by atoms with Gasteiger partial charge in [-0.25, -0.2) is 9.07 Å². The number of aromatic nitrogens is 2. The molecule has 0 saturated carbocycles. The van der Waals surface area contributed by atoms with Crippen molar-refractivity contribution < 1.29 is 9.50 Å². The molecule has 0 saturated heterocycles. The average Bonchev–Trinajstić information content (AvgIpc) is 2.72. The van der Waals surface area contributed by atoms with Crippen LogP contribution in [-0.4, -0.2) is 14.9 Å². The van der Waals surface area contributed by atoms with Gasteiger partial charge < -0.3 is 5.11 Å². The fourth-order valence-electron chi connectivity index (χ4n) is 1.23. The Kier molecular flexibility index (Phi) is 4.05. The van der Waals surface area contributed by atoms with Crippen molar-refractivity contribution in [2.45, 2.75) is 20.8 Å². The predicted octanol–water partition coefficient (Wildman–Crippen LogP) is 3.05. The molecule has 1 aromatic carbocycles. The molecule has 0 amide bonds. The summed E-state index contributed by atoms with van der Waals surface area (Å²) in [6, 6.07) is 4.33. The van der Waals surface area contributed by atoms with Crippen LogP contribution in [0.4, 0.5) is 4.39 Å². The molecule has 1 heterocycles. The number of hydrogen-bond donors (Lipinski definition) is 1. The van der Waals surface area contributed by atoms with Gasteiger partial charge in [0.25, 0.3) is 0 Å². The monoisotopic (exact) mass is 222 g/mol. The third kappa shape index (κ3) is 2.39. The Morgan fingerprint density at radius 1 is 1.31 bits per heavy atom. The molecule has 0 unspecified atom stereocenters. The maximum atomic E-state index is 13.0. The second kappa shape index (κ2) is 5.30. The number of para-hydroxylation sites is 1. The van der Waals surface area contributed by atoms with Gasteiger partial charge in [0.2, 0.25) is 0 Å². The van der Waals surface area contributed by atoms with Crippen LogP contribution >= 0.6 is 0 Å². The summed E-state index contributed by atoms with van der Waals surface area (Å²) in [5.74, 6) is -1.02. The molecule has 2 rings (SSSR count). The van der Waals surface area contributed by atoms with Crippen LogP contribution in [0, 0.1) is 12.7 Å². The highest BCUT2D eigenvalue weighted by molar-refractivity contribution is 5.45. The van der Waals surface area contributed by atoms with E-state index in [0.29, 0.717) is 5.69 Å². The predicted molar refractivity (Wildman–Crippen MR) is 61.3 cm³/mol. The van der Waals surface area contributed by atoms with E-state index in [0.717, 1.165) is 5.56 Å². The molecule has 0 aliphatic heterocycles. The second-order valence-electron chi connectivity index (χ2n) is 3.07. The van der Waals surface area contributed by atoms with Crippen molar-refractivity contribution in [3.63, 3.8) is 0 Å². The molecule has 86 valence electrons. The molecule has 0 spiro atoms. The molecule has 4 heteroatoms. The van der Waals surface area contributed by atoms with Crippen LogP contribution in [0.5, 0.6) is 5.75 Å². The van der Waals surface area contributed by atoms with Crippen molar-refractivity contribution in [1.82, 2.24) is 9.78 Å². The molecule has 0 bridgehead atoms. The van der Waals surface area contributed by atoms with Crippen molar-refractivity contribution in [3.05, 3.63) is 42.0 Å². The van der Waals surface area contributed by atoms with Gasteiger partial charge in [0.15, 0.2) is 11.6 Å². The molecule has 0 fully saturated rings. The molecule has 3 nitrogen and oxygen atoms in total. The van der Waals surface area contributed by atoms with Crippen LogP contribution in [0.2, 0.25) is 0 Å². The lowest BCUT2D eigenvalue weighted by Gasteiger charge is -2.04. The third-order valence-corrected chi connectivity index (χ3v) is 1.92. The van der Waals surface area contributed by atoms with Crippen LogP contribution in [0.25, 0.3) is 5.69 Å². The van der Waals surface area contributed by atoms with E-state index < -0.39 is 5.82 Å². The highest BCUT2D eigenvalue weighted by Crippen LogP contribution is 2.23. The summed E-state index contributed by atoms with van der Waals surface area (Å²) < 4.78 is 14.4. The summed E-state index contributed by atoms with van der Waals surface area (Å²) >= 11 is 0. The highest BCUT2D eigenvalue weighted by atomic mass is 19.1. The van der Waals surface area contributed by atoms with Crippen molar-refractivity contribution in [1.29, 1.82) is 0 Å². The Balaban J connectivity index is 0.000000606. The lowest BCUT2D eigenvalue weighted by Crippen LogP contribution is -1.95. The van der Waals surface area contributed by atoms with Gasteiger partial charge >= 0.3 is 0 Å². The first-order valence-corrected chi connectivity index (χ1v) is 5.17. The highest BCUT2D eigenvalue weighted by Gasteiger charge is 2.08. The quantitative estimate of drug-likeness (QED) is 0.805. The zero-order chi connectivity index (χ0) is 12.1. The largest absolute Gasteiger partial charge is 0.503 e. The van der Waals surface area contributed by atoms with Crippen LogP contribution in [0.15, 0.2) is 30.6 Å². The Morgan fingerprint density at radius 3 is 2.56 bits per heavy atom. The topological polar surface area (TPSA) is 38.0 Å². The first-order chi connectivity index (χ1) is 7.68. The Labute approximate surface area is 94.2 Å². The van der Waals surface area contributed by atoms with Crippen LogP contribution in [0.1, 0.15) is 19.4 Å². The van der Waals surface area contributed by atoms with E-state index >= 15 is 0 Å². The molecule has 0 aliphatic rings. The van der Waals surface area contributed by atoms with E-state index in [-0.39, 0.29) is 5.75 Å². The number of nitrogens with zero attached hydrogens (tertiary/aromatic N) is 2. The van der Waals surface area contributed by atoms with Gasteiger partial charge in [0.1, 0.15) is 5.69 Å². The van der Waals surface area contributed by atoms with Crippen LogP contribution in [-0.2, 0) is 0 Å². The van der Waals surface area contributed by atoms with E-state index in [2.05, 4.69) is 5.10 Å². The average molecular weight is 222 g/mol. The van der Waals surface area contributed by atoms with E-state index in [1.54, 1.807) is 18.5 Å². The van der Waals surface area contributed by atoms with Crippen LogP contribution < -0.4 is 0 Å².